The Labute approximate surface area is 165 Å². The number of esters is 2. The van der Waals surface area contributed by atoms with Gasteiger partial charge in [0.25, 0.3) is 0 Å². The summed E-state index contributed by atoms with van der Waals surface area (Å²) in [4.78, 5) is 28.1. The molecule has 1 aliphatic heterocycles. The molecule has 1 atom stereocenters. The Morgan fingerprint density at radius 1 is 1.07 bits per heavy atom. The average molecular weight is 432 g/mol. The lowest BCUT2D eigenvalue weighted by molar-refractivity contribution is -0.143. The number of carbonyl (C=O) groups excluding carboxylic acids is 2. The van der Waals surface area contributed by atoms with Crippen LogP contribution in [0.3, 0.4) is 0 Å². The van der Waals surface area contributed by atoms with Crippen LogP contribution < -0.4 is 0 Å². The minimum absolute atomic E-state index is 0.0354. The highest BCUT2D eigenvalue weighted by Gasteiger charge is 2.40. The number of hydrogen-bond donors (Lipinski definition) is 0. The van der Waals surface area contributed by atoms with Crippen LogP contribution in [0.25, 0.3) is 0 Å². The standard InChI is InChI=1S/C20H18BrNO5/c1-14(23)25-11-20(12-26-18(22-20)15-5-3-2-4-6-15)13-27-19(24)16-7-9-17(21)10-8-16/h2-10H,11-13H2,1H3/t20-/m0/s1. The maximum atomic E-state index is 12.3. The van der Waals surface area contributed by atoms with Crippen molar-refractivity contribution in [1.82, 2.24) is 0 Å². The molecule has 0 unspecified atom stereocenters. The van der Waals surface area contributed by atoms with Crippen molar-refractivity contribution in [2.45, 2.75) is 12.5 Å². The molecule has 27 heavy (non-hydrogen) atoms. The van der Waals surface area contributed by atoms with Gasteiger partial charge in [0.05, 0.1) is 5.56 Å². The Morgan fingerprint density at radius 2 is 1.74 bits per heavy atom. The van der Waals surface area contributed by atoms with Gasteiger partial charge in [-0.1, -0.05) is 34.1 Å². The summed E-state index contributed by atoms with van der Waals surface area (Å²) in [6.07, 6.45) is 0. The van der Waals surface area contributed by atoms with E-state index in [0.29, 0.717) is 11.5 Å². The first-order chi connectivity index (χ1) is 13.0. The van der Waals surface area contributed by atoms with Crippen molar-refractivity contribution in [2.24, 2.45) is 4.99 Å². The topological polar surface area (TPSA) is 74.2 Å². The van der Waals surface area contributed by atoms with Crippen LogP contribution >= 0.6 is 15.9 Å². The van der Waals surface area contributed by atoms with Crippen molar-refractivity contribution < 1.29 is 23.8 Å². The number of carbonyl (C=O) groups is 2. The lowest BCUT2D eigenvalue weighted by Crippen LogP contribution is -2.41. The maximum Gasteiger partial charge on any atom is 0.338 e. The lowest BCUT2D eigenvalue weighted by Gasteiger charge is -2.22. The van der Waals surface area contributed by atoms with Gasteiger partial charge in [-0.05, 0) is 36.4 Å². The van der Waals surface area contributed by atoms with Crippen molar-refractivity contribution in [3.05, 3.63) is 70.2 Å². The van der Waals surface area contributed by atoms with E-state index >= 15 is 0 Å². The predicted molar refractivity (Wildman–Crippen MR) is 103 cm³/mol. The van der Waals surface area contributed by atoms with Crippen LogP contribution in [-0.4, -0.2) is 43.2 Å². The van der Waals surface area contributed by atoms with Crippen LogP contribution in [0.4, 0.5) is 0 Å². The Balaban J connectivity index is 1.75. The van der Waals surface area contributed by atoms with Gasteiger partial charge in [0.15, 0.2) is 5.54 Å². The smallest absolute Gasteiger partial charge is 0.338 e. The number of hydrogen-bond acceptors (Lipinski definition) is 6. The minimum Gasteiger partial charge on any atom is -0.475 e. The third kappa shape index (κ3) is 4.95. The number of aliphatic imine (C=N–C) groups is 1. The van der Waals surface area contributed by atoms with Gasteiger partial charge in [-0.15, -0.1) is 0 Å². The van der Waals surface area contributed by atoms with Crippen LogP contribution in [0.15, 0.2) is 64.1 Å². The molecule has 1 heterocycles. The summed E-state index contributed by atoms with van der Waals surface area (Å²) in [6, 6.07) is 16.2. The van der Waals surface area contributed by atoms with E-state index in [0.717, 1.165) is 10.0 Å². The molecule has 0 amide bonds. The van der Waals surface area contributed by atoms with E-state index < -0.39 is 17.5 Å². The highest BCUT2D eigenvalue weighted by atomic mass is 79.9. The van der Waals surface area contributed by atoms with Gasteiger partial charge in [0.2, 0.25) is 5.90 Å². The third-order valence-corrected chi connectivity index (χ3v) is 4.46. The molecule has 2 aromatic rings. The van der Waals surface area contributed by atoms with Crippen molar-refractivity contribution in [3.63, 3.8) is 0 Å². The predicted octanol–water partition coefficient (Wildman–Crippen LogP) is 3.38. The van der Waals surface area contributed by atoms with Gasteiger partial charge in [-0.2, -0.15) is 0 Å². The number of benzene rings is 2. The van der Waals surface area contributed by atoms with E-state index in [1.54, 1.807) is 24.3 Å². The van der Waals surface area contributed by atoms with Crippen LogP contribution in [0.1, 0.15) is 22.8 Å². The first-order valence-corrected chi connectivity index (χ1v) is 9.11. The first kappa shape index (κ1) is 19.1. The Hall–Kier alpha value is -2.67. The molecule has 6 nitrogen and oxygen atoms in total. The normalized spacial score (nSPS) is 18.4. The van der Waals surface area contributed by atoms with Crippen LogP contribution in [0.5, 0.6) is 0 Å². The minimum atomic E-state index is -0.970. The second-order valence-electron chi connectivity index (χ2n) is 6.16. The lowest BCUT2D eigenvalue weighted by atomic mass is 10.1. The maximum absolute atomic E-state index is 12.3. The van der Waals surface area contributed by atoms with Gasteiger partial charge in [0.1, 0.15) is 19.8 Å². The van der Waals surface area contributed by atoms with Crippen LogP contribution in [-0.2, 0) is 19.0 Å². The van der Waals surface area contributed by atoms with Gasteiger partial charge in [-0.3, -0.25) is 4.79 Å². The first-order valence-electron chi connectivity index (χ1n) is 8.32. The third-order valence-electron chi connectivity index (χ3n) is 3.93. The molecule has 0 spiro atoms. The fourth-order valence-electron chi connectivity index (χ4n) is 2.51. The monoisotopic (exact) mass is 431 g/mol. The largest absolute Gasteiger partial charge is 0.475 e. The van der Waals surface area contributed by atoms with E-state index in [1.165, 1.54) is 6.92 Å². The van der Waals surface area contributed by atoms with Crippen LogP contribution in [0.2, 0.25) is 0 Å². The molecule has 0 saturated heterocycles. The van der Waals surface area contributed by atoms with E-state index in [1.807, 2.05) is 30.3 Å². The fraction of sp³-hybridized carbons (Fsp3) is 0.250. The zero-order valence-electron chi connectivity index (χ0n) is 14.7. The van der Waals surface area contributed by atoms with Crippen molar-refractivity contribution in [1.29, 1.82) is 0 Å². The summed E-state index contributed by atoms with van der Waals surface area (Å²) in [5, 5.41) is 0. The Kier molecular flexibility index (Phi) is 5.91. The molecule has 0 N–H and O–H groups in total. The van der Waals surface area contributed by atoms with E-state index in [9.17, 15) is 9.59 Å². The molecule has 0 bridgehead atoms. The number of nitrogens with zero attached hydrogens (tertiary/aromatic N) is 1. The second-order valence-corrected chi connectivity index (χ2v) is 7.07. The molecule has 0 saturated carbocycles. The second kappa shape index (κ2) is 8.35. The Morgan fingerprint density at radius 3 is 2.41 bits per heavy atom. The average Bonchev–Trinajstić information content (AvgIpc) is 3.11. The quantitative estimate of drug-likeness (QED) is 0.655. The van der Waals surface area contributed by atoms with Crippen molar-refractivity contribution >= 4 is 33.8 Å². The molecule has 0 radical (unpaired) electrons. The van der Waals surface area contributed by atoms with Gasteiger partial charge < -0.3 is 14.2 Å². The van der Waals surface area contributed by atoms with Crippen molar-refractivity contribution in [2.75, 3.05) is 19.8 Å². The molecule has 1 aliphatic rings. The molecule has 2 aromatic carbocycles. The molecule has 0 aromatic heterocycles. The number of rotatable bonds is 6. The fourth-order valence-corrected chi connectivity index (χ4v) is 2.77. The molecular formula is C20H18BrNO5. The summed E-state index contributed by atoms with van der Waals surface area (Å²) >= 11 is 3.32. The highest BCUT2D eigenvalue weighted by molar-refractivity contribution is 9.10. The Bertz CT molecular complexity index is 850. The summed E-state index contributed by atoms with van der Waals surface area (Å²) in [6.45, 7) is 1.37. The zero-order chi connectivity index (χ0) is 19.3. The molecule has 3 rings (SSSR count). The SMILES string of the molecule is CC(=O)OC[C@@]1(COC(=O)c2ccc(Br)cc2)COC(c2ccccc2)=N1. The van der Waals surface area contributed by atoms with Gasteiger partial charge in [-0.25, -0.2) is 9.79 Å². The van der Waals surface area contributed by atoms with Gasteiger partial charge in [0, 0.05) is 17.0 Å². The number of ether oxygens (including phenoxy) is 3. The van der Waals surface area contributed by atoms with E-state index in [2.05, 4.69) is 20.9 Å². The summed E-state index contributed by atoms with van der Waals surface area (Å²) in [5.41, 5.74) is 0.260. The van der Waals surface area contributed by atoms with E-state index in [4.69, 9.17) is 14.2 Å². The summed E-state index contributed by atoms with van der Waals surface area (Å²) in [5.74, 6) is -0.479. The molecule has 7 heteroatoms. The molecule has 0 aliphatic carbocycles. The van der Waals surface area contributed by atoms with Gasteiger partial charge >= 0.3 is 11.9 Å². The van der Waals surface area contributed by atoms with Crippen LogP contribution in [0, 0.1) is 0 Å². The highest BCUT2D eigenvalue weighted by Crippen LogP contribution is 2.24. The number of halogens is 1. The molecule has 140 valence electrons. The molecular weight excluding hydrogens is 414 g/mol. The van der Waals surface area contributed by atoms with Crippen molar-refractivity contribution in [3.8, 4) is 0 Å². The summed E-state index contributed by atoms with van der Waals surface area (Å²) < 4.78 is 17.2. The summed E-state index contributed by atoms with van der Waals surface area (Å²) in [7, 11) is 0. The molecule has 0 fully saturated rings. The van der Waals surface area contributed by atoms with E-state index in [-0.39, 0.29) is 19.8 Å². The zero-order valence-corrected chi connectivity index (χ0v) is 16.3.